The molecule has 0 radical (unpaired) electrons. The molecular formula is C23H25N3OS. The molecule has 144 valence electrons. The Bertz CT molecular complexity index is 1010. The van der Waals surface area contributed by atoms with E-state index in [-0.39, 0.29) is 17.9 Å². The highest BCUT2D eigenvalue weighted by atomic mass is 32.1. The molecule has 0 unspecified atom stereocenters. The van der Waals surface area contributed by atoms with Gasteiger partial charge in [0.25, 0.3) is 5.91 Å². The number of hydrogen-bond donors (Lipinski definition) is 1. The normalized spacial score (nSPS) is 19.2. The number of aryl methyl sites for hydroxylation is 3. The number of hydrogen-bond acceptors (Lipinski definition) is 4. The number of likely N-dealkylation sites (tertiary alicyclic amines) is 1. The number of amides is 1. The van der Waals surface area contributed by atoms with Crippen LogP contribution in [0.5, 0.6) is 0 Å². The summed E-state index contributed by atoms with van der Waals surface area (Å²) >= 11 is 1.48. The van der Waals surface area contributed by atoms with Crippen molar-refractivity contribution in [2.75, 3.05) is 13.1 Å². The Kier molecular flexibility index (Phi) is 5.04. The third kappa shape index (κ3) is 3.48. The van der Waals surface area contributed by atoms with E-state index in [2.05, 4.69) is 44.2 Å². The molecule has 2 N–H and O–H groups in total. The van der Waals surface area contributed by atoms with E-state index in [4.69, 9.17) is 10.7 Å². The van der Waals surface area contributed by atoms with Crippen LogP contribution in [0.3, 0.4) is 0 Å². The molecule has 0 aliphatic carbocycles. The molecule has 1 aliphatic rings. The zero-order valence-corrected chi connectivity index (χ0v) is 17.3. The number of nitrogens with zero attached hydrogens (tertiary/aromatic N) is 2. The minimum absolute atomic E-state index is 0.0416. The summed E-state index contributed by atoms with van der Waals surface area (Å²) in [6, 6.07) is 16.5. The fourth-order valence-corrected chi connectivity index (χ4v) is 5.08. The summed E-state index contributed by atoms with van der Waals surface area (Å²) in [4.78, 5) is 20.5. The maximum absolute atomic E-state index is 13.2. The van der Waals surface area contributed by atoms with E-state index >= 15 is 0 Å². The van der Waals surface area contributed by atoms with Crippen LogP contribution in [-0.4, -0.2) is 34.9 Å². The van der Waals surface area contributed by atoms with E-state index < -0.39 is 0 Å². The van der Waals surface area contributed by atoms with Gasteiger partial charge in [0.1, 0.15) is 9.88 Å². The maximum atomic E-state index is 13.2. The second kappa shape index (κ2) is 7.49. The van der Waals surface area contributed by atoms with Gasteiger partial charge >= 0.3 is 0 Å². The van der Waals surface area contributed by atoms with Crippen LogP contribution in [0.4, 0.5) is 0 Å². The smallest absolute Gasteiger partial charge is 0.265 e. The van der Waals surface area contributed by atoms with Crippen molar-refractivity contribution in [3.63, 3.8) is 0 Å². The van der Waals surface area contributed by atoms with E-state index in [9.17, 15) is 4.79 Å². The monoisotopic (exact) mass is 391 g/mol. The average molecular weight is 392 g/mol. The summed E-state index contributed by atoms with van der Waals surface area (Å²) < 4.78 is 0. The highest BCUT2D eigenvalue weighted by Gasteiger charge is 2.35. The van der Waals surface area contributed by atoms with Gasteiger partial charge in [-0.3, -0.25) is 4.79 Å². The predicted molar refractivity (Wildman–Crippen MR) is 115 cm³/mol. The van der Waals surface area contributed by atoms with Gasteiger partial charge in [0.15, 0.2) is 0 Å². The number of rotatable bonds is 3. The zero-order chi connectivity index (χ0) is 19.8. The lowest BCUT2D eigenvalue weighted by molar-refractivity contribution is 0.0793. The van der Waals surface area contributed by atoms with E-state index in [0.29, 0.717) is 13.1 Å². The first-order valence-corrected chi connectivity index (χ1v) is 10.4. The molecule has 1 aliphatic heterocycles. The minimum atomic E-state index is -0.0432. The number of aromatic nitrogens is 1. The third-order valence-corrected chi connectivity index (χ3v) is 6.66. The van der Waals surface area contributed by atoms with E-state index in [1.165, 1.54) is 28.0 Å². The van der Waals surface area contributed by atoms with Gasteiger partial charge in [0.05, 0.1) is 5.69 Å². The largest absolute Gasteiger partial charge is 0.336 e. The van der Waals surface area contributed by atoms with Crippen molar-refractivity contribution in [2.24, 2.45) is 5.73 Å². The highest BCUT2D eigenvalue weighted by molar-refractivity contribution is 7.17. The Hall–Kier alpha value is -2.50. The van der Waals surface area contributed by atoms with Gasteiger partial charge in [-0.15, -0.1) is 11.3 Å². The molecule has 1 fully saturated rings. The standard InChI is InChI=1S/C23H25N3OS/c1-14-9-10-18(15(2)11-14)22-25-16(3)21(28-22)23(27)26-12-19(20(24)13-26)17-7-5-4-6-8-17/h4-11,19-20H,12-13,24H2,1-3H3/t19-,20+/m0/s1. The van der Waals surface area contributed by atoms with Crippen LogP contribution in [0.15, 0.2) is 48.5 Å². The Labute approximate surface area is 170 Å². The van der Waals surface area contributed by atoms with Crippen molar-refractivity contribution in [2.45, 2.75) is 32.7 Å². The number of thiazole rings is 1. The van der Waals surface area contributed by atoms with Crippen molar-refractivity contribution in [1.82, 2.24) is 9.88 Å². The quantitative estimate of drug-likeness (QED) is 0.724. The molecule has 28 heavy (non-hydrogen) atoms. The molecule has 1 amide bonds. The second-order valence-corrected chi connectivity index (χ2v) is 8.64. The summed E-state index contributed by atoms with van der Waals surface area (Å²) in [5.74, 6) is 0.220. The van der Waals surface area contributed by atoms with Gasteiger partial charge in [-0.05, 0) is 31.9 Å². The fraction of sp³-hybridized carbons (Fsp3) is 0.304. The first kappa shape index (κ1) is 18.8. The van der Waals surface area contributed by atoms with Crippen molar-refractivity contribution in [3.05, 3.63) is 75.8 Å². The average Bonchev–Trinajstić information content (AvgIpc) is 3.25. The molecule has 2 atom stereocenters. The molecular weight excluding hydrogens is 366 g/mol. The molecule has 1 saturated heterocycles. The van der Waals surface area contributed by atoms with Crippen LogP contribution in [0, 0.1) is 20.8 Å². The number of carbonyl (C=O) groups excluding carboxylic acids is 1. The Morgan fingerprint density at radius 3 is 2.57 bits per heavy atom. The molecule has 4 rings (SSSR count). The molecule has 3 aromatic rings. The van der Waals surface area contributed by atoms with Crippen molar-refractivity contribution < 1.29 is 4.79 Å². The van der Waals surface area contributed by atoms with Crippen molar-refractivity contribution in [3.8, 4) is 10.6 Å². The second-order valence-electron chi connectivity index (χ2n) is 7.64. The molecule has 2 aromatic carbocycles. The minimum Gasteiger partial charge on any atom is -0.336 e. The molecule has 2 heterocycles. The first-order valence-electron chi connectivity index (χ1n) is 9.59. The van der Waals surface area contributed by atoms with Gasteiger partial charge in [-0.2, -0.15) is 0 Å². The fourth-order valence-electron chi connectivity index (χ4n) is 3.95. The summed E-state index contributed by atoms with van der Waals surface area (Å²) in [5.41, 5.74) is 11.9. The van der Waals surface area contributed by atoms with E-state index in [0.717, 1.165) is 21.1 Å². The van der Waals surface area contributed by atoms with Crippen LogP contribution < -0.4 is 5.73 Å². The zero-order valence-electron chi connectivity index (χ0n) is 16.5. The maximum Gasteiger partial charge on any atom is 0.265 e. The number of benzene rings is 2. The Balaban J connectivity index is 1.58. The first-order chi connectivity index (χ1) is 13.4. The third-order valence-electron chi connectivity index (χ3n) is 5.48. The summed E-state index contributed by atoms with van der Waals surface area (Å²) in [7, 11) is 0. The van der Waals surface area contributed by atoms with Crippen molar-refractivity contribution >= 4 is 17.2 Å². The van der Waals surface area contributed by atoms with E-state index in [1.807, 2.05) is 30.0 Å². The van der Waals surface area contributed by atoms with Gasteiger partial charge < -0.3 is 10.6 Å². The van der Waals surface area contributed by atoms with Crippen LogP contribution in [0.1, 0.15) is 38.0 Å². The molecule has 0 bridgehead atoms. The number of nitrogens with two attached hydrogens (primary N) is 1. The van der Waals surface area contributed by atoms with Gasteiger partial charge in [-0.25, -0.2) is 4.98 Å². The van der Waals surface area contributed by atoms with Gasteiger partial charge in [-0.1, -0.05) is 54.1 Å². The summed E-state index contributed by atoms with van der Waals surface area (Å²) in [6.45, 7) is 7.32. The van der Waals surface area contributed by atoms with Crippen LogP contribution in [0.25, 0.3) is 10.6 Å². The molecule has 0 saturated carbocycles. The molecule has 1 aromatic heterocycles. The summed E-state index contributed by atoms with van der Waals surface area (Å²) in [5, 5.41) is 0.904. The van der Waals surface area contributed by atoms with Crippen molar-refractivity contribution in [1.29, 1.82) is 0 Å². The topological polar surface area (TPSA) is 59.2 Å². The van der Waals surface area contributed by atoms with E-state index in [1.54, 1.807) is 0 Å². The molecule has 4 nitrogen and oxygen atoms in total. The summed E-state index contributed by atoms with van der Waals surface area (Å²) in [6.07, 6.45) is 0. The predicted octanol–water partition coefficient (Wildman–Crippen LogP) is 4.30. The van der Waals surface area contributed by atoms with Crippen LogP contribution >= 0.6 is 11.3 Å². The lowest BCUT2D eigenvalue weighted by atomic mass is 9.95. The highest BCUT2D eigenvalue weighted by Crippen LogP contribution is 2.33. The number of carbonyl (C=O) groups is 1. The van der Waals surface area contributed by atoms with Crippen LogP contribution in [0.2, 0.25) is 0 Å². The van der Waals surface area contributed by atoms with Gasteiger partial charge in [0, 0.05) is 30.6 Å². The Morgan fingerprint density at radius 1 is 1.11 bits per heavy atom. The van der Waals surface area contributed by atoms with Gasteiger partial charge in [0.2, 0.25) is 0 Å². The Morgan fingerprint density at radius 2 is 1.86 bits per heavy atom. The molecule has 0 spiro atoms. The lowest BCUT2D eigenvalue weighted by Gasteiger charge is -2.16. The molecule has 5 heteroatoms. The van der Waals surface area contributed by atoms with Crippen LogP contribution in [-0.2, 0) is 0 Å². The SMILES string of the molecule is Cc1ccc(-c2nc(C)c(C(=O)N3C[C@@H](N)[C@H](c4ccccc4)C3)s2)c(C)c1. The lowest BCUT2D eigenvalue weighted by Crippen LogP contribution is -2.32.